The average molecular weight is 343 g/mol. The maximum atomic E-state index is 4.63. The van der Waals surface area contributed by atoms with E-state index in [1.807, 2.05) is 42.3 Å². The van der Waals surface area contributed by atoms with E-state index in [0.29, 0.717) is 5.95 Å². The van der Waals surface area contributed by atoms with E-state index < -0.39 is 0 Å². The molecule has 0 saturated heterocycles. The van der Waals surface area contributed by atoms with Crippen LogP contribution in [0.3, 0.4) is 0 Å². The Hall–Kier alpha value is -3.34. The van der Waals surface area contributed by atoms with Crippen LogP contribution in [0.4, 0.5) is 17.5 Å². The zero-order chi connectivity index (χ0) is 17.8. The molecule has 0 unspecified atom stereocenters. The van der Waals surface area contributed by atoms with Crippen LogP contribution in [-0.4, -0.2) is 28.5 Å². The van der Waals surface area contributed by atoms with Gasteiger partial charge in [-0.05, 0) is 36.2 Å². The van der Waals surface area contributed by atoms with Gasteiger partial charge in [0.1, 0.15) is 5.82 Å². The Morgan fingerprint density at radius 2 is 1.81 bits per heavy atom. The van der Waals surface area contributed by atoms with E-state index in [1.54, 1.807) is 6.20 Å². The molecule has 0 aliphatic rings. The number of rotatable bonds is 6. The Balaban J connectivity index is 1.43. The van der Waals surface area contributed by atoms with Crippen molar-refractivity contribution in [1.82, 2.24) is 15.0 Å². The molecule has 2 aromatic carbocycles. The van der Waals surface area contributed by atoms with Gasteiger partial charge >= 0.3 is 0 Å². The standard InChI is InChI=1S/C21H21N5/c1-26(17-7-3-2-4-8-17)20-12-14-23-21(25-20)22-13-11-16-15-24-19-10-6-5-9-18(16)19/h2-10,12,14-15,24H,11,13H2,1H3,(H,22,23,25). The number of anilines is 3. The quantitative estimate of drug-likeness (QED) is 0.545. The Labute approximate surface area is 152 Å². The summed E-state index contributed by atoms with van der Waals surface area (Å²) < 4.78 is 0. The SMILES string of the molecule is CN(c1ccccc1)c1ccnc(NCCc2c[nH]c3ccccc23)n1. The molecular weight excluding hydrogens is 322 g/mol. The van der Waals surface area contributed by atoms with Gasteiger partial charge in [-0.25, -0.2) is 4.98 Å². The summed E-state index contributed by atoms with van der Waals surface area (Å²) in [4.78, 5) is 14.3. The molecule has 0 aliphatic heterocycles. The topological polar surface area (TPSA) is 56.8 Å². The summed E-state index contributed by atoms with van der Waals surface area (Å²) in [7, 11) is 2.01. The molecule has 4 rings (SSSR count). The molecule has 0 radical (unpaired) electrons. The van der Waals surface area contributed by atoms with Crippen LogP contribution in [0.25, 0.3) is 10.9 Å². The molecule has 2 N–H and O–H groups in total. The van der Waals surface area contributed by atoms with Crippen LogP contribution in [-0.2, 0) is 6.42 Å². The molecule has 2 heterocycles. The predicted octanol–water partition coefficient (Wildman–Crippen LogP) is 4.38. The maximum absolute atomic E-state index is 4.63. The Kier molecular flexibility index (Phi) is 4.51. The van der Waals surface area contributed by atoms with E-state index >= 15 is 0 Å². The van der Waals surface area contributed by atoms with Gasteiger partial charge in [0.05, 0.1) is 0 Å². The van der Waals surface area contributed by atoms with Crippen molar-refractivity contribution in [2.24, 2.45) is 0 Å². The van der Waals surface area contributed by atoms with Crippen LogP contribution in [0.5, 0.6) is 0 Å². The molecule has 0 bridgehead atoms. The van der Waals surface area contributed by atoms with E-state index in [0.717, 1.165) is 24.5 Å². The second-order valence-corrected chi connectivity index (χ2v) is 6.17. The summed E-state index contributed by atoms with van der Waals surface area (Å²) in [5, 5.41) is 4.60. The van der Waals surface area contributed by atoms with Crippen LogP contribution in [0.1, 0.15) is 5.56 Å². The number of fused-ring (bicyclic) bond motifs is 1. The fourth-order valence-corrected chi connectivity index (χ4v) is 3.05. The number of H-pyrrole nitrogens is 1. The molecule has 0 atom stereocenters. The largest absolute Gasteiger partial charge is 0.361 e. The van der Waals surface area contributed by atoms with Crippen molar-refractivity contribution in [2.75, 3.05) is 23.8 Å². The normalized spacial score (nSPS) is 10.8. The Bertz CT molecular complexity index is 993. The van der Waals surface area contributed by atoms with Crippen molar-refractivity contribution in [1.29, 1.82) is 0 Å². The van der Waals surface area contributed by atoms with Gasteiger partial charge in [0.25, 0.3) is 0 Å². The minimum atomic E-state index is 0.644. The first kappa shape index (κ1) is 16.1. The number of para-hydroxylation sites is 2. The van der Waals surface area contributed by atoms with Gasteiger partial charge in [0.2, 0.25) is 5.95 Å². The van der Waals surface area contributed by atoms with Crippen LogP contribution in [0, 0.1) is 0 Å². The minimum Gasteiger partial charge on any atom is -0.361 e. The average Bonchev–Trinajstić information content (AvgIpc) is 3.12. The van der Waals surface area contributed by atoms with E-state index in [2.05, 4.69) is 56.8 Å². The second-order valence-electron chi connectivity index (χ2n) is 6.17. The van der Waals surface area contributed by atoms with Gasteiger partial charge in [-0.1, -0.05) is 36.4 Å². The highest BCUT2D eigenvalue weighted by Crippen LogP contribution is 2.21. The highest BCUT2D eigenvalue weighted by Gasteiger charge is 2.07. The Morgan fingerprint density at radius 1 is 1.00 bits per heavy atom. The lowest BCUT2D eigenvalue weighted by Crippen LogP contribution is -2.13. The Morgan fingerprint density at radius 3 is 2.69 bits per heavy atom. The van der Waals surface area contributed by atoms with Crippen molar-refractivity contribution in [3.63, 3.8) is 0 Å². The molecule has 0 saturated carbocycles. The molecule has 130 valence electrons. The second kappa shape index (κ2) is 7.27. The van der Waals surface area contributed by atoms with Crippen molar-refractivity contribution in [3.05, 3.63) is 78.6 Å². The minimum absolute atomic E-state index is 0.644. The highest BCUT2D eigenvalue weighted by atomic mass is 15.2. The summed E-state index contributed by atoms with van der Waals surface area (Å²) in [6, 6.07) is 20.4. The van der Waals surface area contributed by atoms with Gasteiger partial charge in [-0.2, -0.15) is 4.98 Å². The summed E-state index contributed by atoms with van der Waals surface area (Å²) in [6.45, 7) is 0.778. The monoisotopic (exact) mass is 343 g/mol. The molecule has 26 heavy (non-hydrogen) atoms. The summed E-state index contributed by atoms with van der Waals surface area (Å²) in [6.07, 6.45) is 4.77. The van der Waals surface area contributed by atoms with Gasteiger partial charge in [-0.15, -0.1) is 0 Å². The predicted molar refractivity (Wildman–Crippen MR) is 107 cm³/mol. The van der Waals surface area contributed by atoms with Crippen LogP contribution < -0.4 is 10.2 Å². The maximum Gasteiger partial charge on any atom is 0.224 e. The van der Waals surface area contributed by atoms with Gasteiger partial charge in [-0.3, -0.25) is 0 Å². The third-order valence-electron chi connectivity index (χ3n) is 4.48. The first-order valence-corrected chi connectivity index (χ1v) is 8.72. The lowest BCUT2D eigenvalue weighted by atomic mass is 10.1. The number of hydrogen-bond acceptors (Lipinski definition) is 4. The number of nitrogens with zero attached hydrogens (tertiary/aromatic N) is 3. The summed E-state index contributed by atoms with van der Waals surface area (Å²) in [5.41, 5.74) is 3.56. The van der Waals surface area contributed by atoms with E-state index in [-0.39, 0.29) is 0 Å². The van der Waals surface area contributed by atoms with Crippen molar-refractivity contribution in [2.45, 2.75) is 6.42 Å². The smallest absolute Gasteiger partial charge is 0.224 e. The van der Waals surface area contributed by atoms with Crippen molar-refractivity contribution in [3.8, 4) is 0 Å². The summed E-state index contributed by atoms with van der Waals surface area (Å²) in [5.74, 6) is 1.51. The van der Waals surface area contributed by atoms with Crippen LogP contribution >= 0.6 is 0 Å². The molecule has 2 aromatic heterocycles. The number of aromatic amines is 1. The molecular formula is C21H21N5. The van der Waals surface area contributed by atoms with Gasteiger partial charge in [0.15, 0.2) is 0 Å². The van der Waals surface area contributed by atoms with Crippen LogP contribution in [0.15, 0.2) is 73.1 Å². The first-order valence-electron chi connectivity index (χ1n) is 8.72. The number of hydrogen-bond donors (Lipinski definition) is 2. The third-order valence-corrected chi connectivity index (χ3v) is 4.48. The third kappa shape index (κ3) is 3.37. The highest BCUT2D eigenvalue weighted by molar-refractivity contribution is 5.83. The summed E-state index contributed by atoms with van der Waals surface area (Å²) >= 11 is 0. The molecule has 0 spiro atoms. The zero-order valence-corrected chi connectivity index (χ0v) is 14.7. The lowest BCUT2D eigenvalue weighted by Gasteiger charge is -2.18. The van der Waals surface area contributed by atoms with E-state index in [1.165, 1.54) is 16.5 Å². The number of aromatic nitrogens is 3. The molecule has 5 nitrogen and oxygen atoms in total. The van der Waals surface area contributed by atoms with E-state index in [9.17, 15) is 0 Å². The number of nitrogens with one attached hydrogen (secondary N) is 2. The fraction of sp³-hybridized carbons (Fsp3) is 0.143. The van der Waals surface area contributed by atoms with E-state index in [4.69, 9.17) is 0 Å². The van der Waals surface area contributed by atoms with Gasteiger partial charge < -0.3 is 15.2 Å². The van der Waals surface area contributed by atoms with Crippen molar-refractivity contribution >= 4 is 28.4 Å². The van der Waals surface area contributed by atoms with Crippen molar-refractivity contribution < 1.29 is 0 Å². The van der Waals surface area contributed by atoms with Crippen LogP contribution in [0.2, 0.25) is 0 Å². The number of benzene rings is 2. The molecule has 0 fully saturated rings. The molecule has 4 aromatic rings. The fourth-order valence-electron chi connectivity index (χ4n) is 3.05. The molecule has 0 aliphatic carbocycles. The van der Waals surface area contributed by atoms with Gasteiger partial charge in [0, 0.05) is 42.6 Å². The first-order chi connectivity index (χ1) is 12.8. The molecule has 0 amide bonds. The zero-order valence-electron chi connectivity index (χ0n) is 14.7. The molecule has 5 heteroatoms. The lowest BCUT2D eigenvalue weighted by molar-refractivity contribution is 0.982.